The summed E-state index contributed by atoms with van der Waals surface area (Å²) in [6.45, 7) is 0. The number of halogens is 1. The highest BCUT2D eigenvalue weighted by atomic mass is 18.2. The number of hydrogen-bond acceptors (Lipinski definition) is 4. The molecule has 4 nitrogen and oxygen atoms in total. The first-order chi connectivity index (χ1) is 9.13. The largest absolute Gasteiger partial charge is 0.418 e. The lowest BCUT2D eigenvalue weighted by Gasteiger charge is -2.11. The third-order valence-corrected chi connectivity index (χ3v) is 2.85. The summed E-state index contributed by atoms with van der Waals surface area (Å²) in [5, 5.41) is 0. The minimum Gasteiger partial charge on any atom is -0.418 e. The fourth-order valence-electron chi connectivity index (χ4n) is 1.82. The lowest BCUT2D eigenvalue weighted by Crippen LogP contribution is -2.07. The molecule has 3 rings (SSSR count). The summed E-state index contributed by atoms with van der Waals surface area (Å²) < 4.78 is 18.4. The molecule has 0 N–H and O–H groups in total. The van der Waals surface area contributed by atoms with Crippen LogP contribution in [0, 0.1) is 5.95 Å². The summed E-state index contributed by atoms with van der Waals surface area (Å²) >= 11 is 0. The fourth-order valence-corrected chi connectivity index (χ4v) is 1.82. The summed E-state index contributed by atoms with van der Waals surface area (Å²) in [5.41, 5.74) is 2.69. The highest BCUT2D eigenvalue weighted by Gasteiger charge is 2.10. The molecule has 0 radical (unpaired) electrons. The van der Waals surface area contributed by atoms with E-state index < -0.39 is 5.95 Å². The fraction of sp³-hybridized carbons (Fsp3) is 0.143. The molecule has 0 aliphatic carbocycles. The number of rotatable bonds is 2. The zero-order chi connectivity index (χ0) is 13.4. The summed E-state index contributed by atoms with van der Waals surface area (Å²) in [4.78, 5) is 9.96. The van der Waals surface area contributed by atoms with Gasteiger partial charge < -0.3 is 9.32 Å². The van der Waals surface area contributed by atoms with Crippen LogP contribution in [-0.2, 0) is 0 Å². The van der Waals surface area contributed by atoms with Crippen LogP contribution in [-0.4, -0.2) is 24.1 Å². The van der Waals surface area contributed by atoms with E-state index in [4.69, 9.17) is 4.42 Å². The third kappa shape index (κ3) is 2.14. The Morgan fingerprint density at radius 3 is 2.42 bits per heavy atom. The molecule has 19 heavy (non-hydrogen) atoms. The Hall–Kier alpha value is -2.43. The maximum absolute atomic E-state index is 13.0. The van der Waals surface area contributed by atoms with Crippen molar-refractivity contribution >= 4 is 16.9 Å². The second-order valence-corrected chi connectivity index (χ2v) is 4.42. The van der Waals surface area contributed by atoms with Crippen molar-refractivity contribution in [2.45, 2.75) is 0 Å². The molecule has 0 atom stereocenters. The first-order valence-corrected chi connectivity index (χ1v) is 5.84. The highest BCUT2D eigenvalue weighted by molar-refractivity contribution is 5.72. The molecule has 5 heteroatoms. The molecule has 0 spiro atoms. The van der Waals surface area contributed by atoms with E-state index in [2.05, 4.69) is 9.97 Å². The van der Waals surface area contributed by atoms with Crippen LogP contribution in [0.1, 0.15) is 0 Å². The van der Waals surface area contributed by atoms with E-state index >= 15 is 0 Å². The lowest BCUT2D eigenvalue weighted by atomic mass is 10.2. The van der Waals surface area contributed by atoms with Crippen molar-refractivity contribution < 1.29 is 8.81 Å². The highest BCUT2D eigenvalue weighted by Crippen LogP contribution is 2.25. The molecule has 0 bridgehead atoms. The number of hydrogen-bond donors (Lipinski definition) is 0. The Morgan fingerprint density at radius 2 is 1.74 bits per heavy atom. The van der Waals surface area contributed by atoms with Gasteiger partial charge in [0.15, 0.2) is 0 Å². The number of anilines is 1. The second-order valence-electron chi connectivity index (χ2n) is 4.42. The molecule has 0 aliphatic heterocycles. The zero-order valence-corrected chi connectivity index (χ0v) is 10.6. The summed E-state index contributed by atoms with van der Waals surface area (Å²) in [7, 11) is 3.95. The van der Waals surface area contributed by atoms with E-state index in [-0.39, 0.29) is 5.71 Å². The number of fused-ring (bicyclic) bond motifs is 1. The van der Waals surface area contributed by atoms with E-state index in [1.807, 2.05) is 43.3 Å². The molecule has 0 aliphatic rings. The van der Waals surface area contributed by atoms with E-state index in [0.717, 1.165) is 11.3 Å². The second kappa shape index (κ2) is 4.35. The quantitative estimate of drug-likeness (QED) is 0.661. The molecule has 0 amide bonds. The van der Waals surface area contributed by atoms with E-state index in [0.29, 0.717) is 11.4 Å². The number of oxazole rings is 1. The predicted molar refractivity (Wildman–Crippen MR) is 71.5 cm³/mol. The van der Waals surface area contributed by atoms with Gasteiger partial charge in [-0.3, -0.25) is 0 Å². The Balaban J connectivity index is 2.03. The van der Waals surface area contributed by atoms with Crippen LogP contribution >= 0.6 is 0 Å². The molecule has 96 valence electrons. The normalized spacial score (nSPS) is 10.9. The van der Waals surface area contributed by atoms with Crippen LogP contribution in [0.3, 0.4) is 0 Å². The van der Waals surface area contributed by atoms with Gasteiger partial charge in [0.2, 0.25) is 17.6 Å². The van der Waals surface area contributed by atoms with Gasteiger partial charge in [0.05, 0.1) is 0 Å². The lowest BCUT2D eigenvalue weighted by molar-refractivity contribution is 0.559. The van der Waals surface area contributed by atoms with Crippen LogP contribution in [0.4, 0.5) is 10.1 Å². The molecular weight excluding hydrogens is 244 g/mol. The molecule has 2 aromatic heterocycles. The van der Waals surface area contributed by atoms with E-state index in [1.54, 1.807) is 6.07 Å². The zero-order valence-electron chi connectivity index (χ0n) is 10.6. The average molecular weight is 256 g/mol. The monoisotopic (exact) mass is 256 g/mol. The van der Waals surface area contributed by atoms with Gasteiger partial charge in [-0.1, -0.05) is 0 Å². The number of benzene rings is 1. The van der Waals surface area contributed by atoms with Crippen molar-refractivity contribution in [1.82, 2.24) is 9.97 Å². The topological polar surface area (TPSA) is 42.2 Å². The molecule has 0 fully saturated rings. The van der Waals surface area contributed by atoms with Gasteiger partial charge in [-0.15, -0.1) is 0 Å². The summed E-state index contributed by atoms with van der Waals surface area (Å²) in [5.74, 6) is -0.128. The minimum absolute atomic E-state index is 0.215. The van der Waals surface area contributed by atoms with Gasteiger partial charge in [0.1, 0.15) is 5.52 Å². The van der Waals surface area contributed by atoms with Gasteiger partial charge in [0.25, 0.3) is 0 Å². The van der Waals surface area contributed by atoms with Crippen molar-refractivity contribution in [2.75, 3.05) is 19.0 Å². The first kappa shape index (κ1) is 11.6. The third-order valence-electron chi connectivity index (χ3n) is 2.85. The van der Waals surface area contributed by atoms with Crippen molar-refractivity contribution in [1.29, 1.82) is 0 Å². The van der Waals surface area contributed by atoms with E-state index in [1.165, 1.54) is 6.07 Å². The van der Waals surface area contributed by atoms with Gasteiger partial charge in [-0.2, -0.15) is 9.37 Å². The molecular formula is C14H12FN3O. The Labute approximate surface area is 109 Å². The van der Waals surface area contributed by atoms with Gasteiger partial charge >= 0.3 is 0 Å². The van der Waals surface area contributed by atoms with Gasteiger partial charge in [-0.25, -0.2) is 4.98 Å². The minimum atomic E-state index is -0.571. The predicted octanol–water partition coefficient (Wildman–Crippen LogP) is 3.09. The molecule has 0 unspecified atom stereocenters. The number of pyridine rings is 1. The van der Waals surface area contributed by atoms with Crippen LogP contribution in [0.25, 0.3) is 22.7 Å². The molecule has 0 saturated heterocycles. The van der Waals surface area contributed by atoms with Gasteiger partial charge in [-0.05, 0) is 36.4 Å². The SMILES string of the molecule is CN(C)c1ccc(-c2nc3ccc([18F])nc3o2)cc1. The van der Waals surface area contributed by atoms with E-state index in [9.17, 15) is 4.39 Å². The summed E-state index contributed by atoms with van der Waals surface area (Å²) in [6, 6.07) is 10.6. The smallest absolute Gasteiger partial charge is 0.250 e. The average Bonchev–Trinajstić information content (AvgIpc) is 2.81. The molecule has 1 aromatic carbocycles. The van der Waals surface area contributed by atoms with Crippen LogP contribution in [0.15, 0.2) is 40.8 Å². The van der Waals surface area contributed by atoms with Crippen molar-refractivity contribution in [3.8, 4) is 11.5 Å². The van der Waals surface area contributed by atoms with Gasteiger partial charge in [0, 0.05) is 25.3 Å². The molecule has 2 heterocycles. The van der Waals surface area contributed by atoms with Crippen molar-refractivity contribution in [3.05, 3.63) is 42.3 Å². The van der Waals surface area contributed by atoms with Crippen LogP contribution in [0.5, 0.6) is 0 Å². The molecule has 0 saturated carbocycles. The maximum atomic E-state index is 13.0. The maximum Gasteiger partial charge on any atom is 0.250 e. The van der Waals surface area contributed by atoms with Crippen LogP contribution < -0.4 is 4.90 Å². The summed E-state index contributed by atoms with van der Waals surface area (Å²) in [6.07, 6.45) is 0. The van der Waals surface area contributed by atoms with Crippen molar-refractivity contribution in [3.63, 3.8) is 0 Å². The first-order valence-electron chi connectivity index (χ1n) is 5.84. The Bertz CT molecular complexity index is 719. The standard InChI is InChI=1S/C14H12FN3O/c1-18(2)10-5-3-9(4-6-10)13-16-11-7-8-12(15)17-14(11)19-13/h3-8H,1-2H3/i15-1. The van der Waals surface area contributed by atoms with Crippen LogP contribution in [0.2, 0.25) is 0 Å². The Morgan fingerprint density at radius 1 is 1.00 bits per heavy atom. The number of aromatic nitrogens is 2. The Kier molecular flexibility index (Phi) is 2.67. The van der Waals surface area contributed by atoms with Crippen molar-refractivity contribution in [2.24, 2.45) is 0 Å². The number of nitrogens with zero attached hydrogens (tertiary/aromatic N) is 3. The molecule has 3 aromatic rings.